The second-order valence-electron chi connectivity index (χ2n) is 2.79. The van der Waals surface area contributed by atoms with Gasteiger partial charge in [0.1, 0.15) is 0 Å². The molecule has 0 bridgehead atoms. The minimum Gasteiger partial charge on any atom is -0.307 e. The van der Waals surface area contributed by atoms with Crippen molar-refractivity contribution in [1.29, 1.82) is 0 Å². The molecule has 0 aromatic heterocycles. The number of rotatable bonds is 4. The molecule has 0 aliphatic heterocycles. The summed E-state index contributed by atoms with van der Waals surface area (Å²) in [6.45, 7) is 2.72. The smallest absolute Gasteiger partial charge is 0.307 e. The molecule has 0 heterocycles. The van der Waals surface area contributed by atoms with E-state index in [0.717, 1.165) is 6.55 Å². The lowest BCUT2D eigenvalue weighted by molar-refractivity contribution is 0.0951. The van der Waals surface area contributed by atoms with Gasteiger partial charge in [0.2, 0.25) is 0 Å². The highest BCUT2D eigenvalue weighted by molar-refractivity contribution is 6.75. The quantitative estimate of drug-likeness (QED) is 0.374. The fourth-order valence-electron chi connectivity index (χ4n) is 0.792. The topological polar surface area (TPSA) is 0 Å². The maximum atomic E-state index is 13.2. The van der Waals surface area contributed by atoms with Crippen LogP contribution in [0.3, 0.4) is 0 Å². The molecule has 0 spiro atoms. The molecule has 0 aromatic carbocycles. The van der Waals surface area contributed by atoms with Gasteiger partial charge >= 0.3 is 8.41 Å². The molecule has 0 fully saturated rings. The van der Waals surface area contributed by atoms with Gasteiger partial charge in [0, 0.05) is 0 Å². The van der Waals surface area contributed by atoms with Gasteiger partial charge in [-0.25, -0.2) is 8.78 Å². The lowest BCUT2D eigenvalue weighted by Crippen LogP contribution is -2.48. The van der Waals surface area contributed by atoms with Crippen LogP contribution in [0.15, 0.2) is 0 Å². The maximum absolute atomic E-state index is 13.2. The zero-order valence-electron chi connectivity index (χ0n) is 6.63. The summed E-state index contributed by atoms with van der Waals surface area (Å²) < 4.78 is 38.5. The monoisotopic (exact) mass is 204 g/mol. The summed E-state index contributed by atoms with van der Waals surface area (Å²) in [5, 5.41) is 0. The van der Waals surface area contributed by atoms with Crippen LogP contribution in [0.2, 0.25) is 12.6 Å². The van der Waals surface area contributed by atoms with Crippen molar-refractivity contribution < 1.29 is 12.9 Å². The molecular weight excluding hydrogens is 193 g/mol. The molecule has 0 aliphatic carbocycles. The molecule has 0 radical (unpaired) electrons. The predicted molar refractivity (Wildman–Crippen MR) is 43.5 cm³/mol. The number of hydrogen-bond donors (Lipinski definition) is 0. The highest BCUT2D eigenvalue weighted by Gasteiger charge is 2.52. The highest BCUT2D eigenvalue weighted by atomic mass is 35.5. The van der Waals surface area contributed by atoms with E-state index in [4.69, 9.17) is 11.6 Å². The van der Waals surface area contributed by atoms with Crippen molar-refractivity contribution in [2.75, 3.05) is 5.88 Å². The Balaban J connectivity index is 4.26. The van der Waals surface area contributed by atoms with Crippen LogP contribution >= 0.6 is 11.6 Å². The van der Waals surface area contributed by atoms with Gasteiger partial charge in [0.15, 0.2) is 0 Å². The Labute approximate surface area is 70.9 Å². The number of alkyl halides is 3. The van der Waals surface area contributed by atoms with Gasteiger partial charge in [-0.15, -0.1) is 11.6 Å². The van der Waals surface area contributed by atoms with Crippen molar-refractivity contribution >= 4 is 20.0 Å². The van der Waals surface area contributed by atoms with Crippen molar-refractivity contribution in [2.45, 2.75) is 31.5 Å². The van der Waals surface area contributed by atoms with Crippen LogP contribution in [0.1, 0.15) is 13.3 Å². The Kier molecular flexibility index (Phi) is 3.91. The lowest BCUT2D eigenvalue weighted by atomic mass is 10.6. The van der Waals surface area contributed by atoms with E-state index in [0.29, 0.717) is 6.42 Å². The Bertz CT molecular complexity index is 127. The molecule has 0 aliphatic rings. The first-order valence-corrected chi connectivity index (χ1v) is 6.62. The molecule has 0 rings (SSSR count). The maximum Gasteiger partial charge on any atom is 0.321 e. The summed E-state index contributed by atoms with van der Waals surface area (Å²) in [6, 6.07) is -0.0211. The van der Waals surface area contributed by atoms with E-state index < -0.39 is 19.8 Å². The van der Waals surface area contributed by atoms with Gasteiger partial charge < -0.3 is 4.11 Å². The minimum atomic E-state index is -3.90. The summed E-state index contributed by atoms with van der Waals surface area (Å²) in [4.78, 5) is 0. The van der Waals surface area contributed by atoms with Crippen molar-refractivity contribution in [2.24, 2.45) is 0 Å². The van der Waals surface area contributed by atoms with Crippen molar-refractivity contribution in [3.63, 3.8) is 0 Å². The summed E-state index contributed by atoms with van der Waals surface area (Å²) in [6.07, 6.45) is 0.450. The van der Waals surface area contributed by atoms with E-state index in [1.54, 1.807) is 6.92 Å². The van der Waals surface area contributed by atoms with Crippen LogP contribution in [0.25, 0.3) is 0 Å². The third-order valence-electron chi connectivity index (χ3n) is 1.65. The molecule has 0 aromatic rings. The van der Waals surface area contributed by atoms with Gasteiger partial charge in [-0.3, -0.25) is 0 Å². The molecule has 1 atom stereocenters. The van der Waals surface area contributed by atoms with Crippen LogP contribution in [0, 0.1) is 0 Å². The van der Waals surface area contributed by atoms with Crippen molar-refractivity contribution in [1.82, 2.24) is 0 Å². The SMILES string of the molecule is CCC[Si](C)(F)C(F)(F)CCl. The van der Waals surface area contributed by atoms with Crippen LogP contribution in [-0.4, -0.2) is 19.8 Å². The van der Waals surface area contributed by atoms with Crippen LogP contribution in [0.4, 0.5) is 12.9 Å². The Morgan fingerprint density at radius 3 is 2.18 bits per heavy atom. The molecule has 0 saturated carbocycles. The van der Waals surface area contributed by atoms with Gasteiger partial charge in [0.05, 0.1) is 5.88 Å². The molecule has 0 nitrogen and oxygen atoms in total. The van der Waals surface area contributed by atoms with E-state index in [1.807, 2.05) is 0 Å². The summed E-state index contributed by atoms with van der Waals surface area (Å²) in [5.74, 6) is -0.897. The largest absolute Gasteiger partial charge is 0.321 e. The first-order valence-electron chi connectivity index (χ1n) is 3.50. The van der Waals surface area contributed by atoms with Crippen LogP contribution in [-0.2, 0) is 0 Å². The molecule has 11 heavy (non-hydrogen) atoms. The van der Waals surface area contributed by atoms with Crippen LogP contribution < -0.4 is 0 Å². The first kappa shape index (κ1) is 11.3. The molecule has 0 amide bonds. The van der Waals surface area contributed by atoms with Gasteiger partial charge in [-0.2, -0.15) is 0 Å². The fraction of sp³-hybridized carbons (Fsp3) is 1.00. The molecular formula is C6H12ClF3Si. The Hall–Kier alpha value is 0.297. The predicted octanol–water partition coefficient (Wildman–Crippen LogP) is 3.35. The summed E-state index contributed by atoms with van der Waals surface area (Å²) in [7, 11) is -3.90. The second kappa shape index (κ2) is 3.80. The lowest BCUT2D eigenvalue weighted by Gasteiger charge is -2.25. The molecule has 0 saturated heterocycles. The van der Waals surface area contributed by atoms with E-state index in [2.05, 4.69) is 0 Å². The van der Waals surface area contributed by atoms with Crippen molar-refractivity contribution in [3.05, 3.63) is 0 Å². The van der Waals surface area contributed by atoms with Gasteiger partial charge in [0.25, 0.3) is 5.55 Å². The molecule has 1 unspecified atom stereocenters. The molecule has 0 N–H and O–H groups in total. The second-order valence-corrected chi connectivity index (χ2v) is 6.68. The Morgan fingerprint density at radius 2 is 1.91 bits per heavy atom. The number of halogens is 4. The average Bonchev–Trinajstić information content (AvgIpc) is 1.87. The van der Waals surface area contributed by atoms with Crippen molar-refractivity contribution in [3.8, 4) is 0 Å². The van der Waals surface area contributed by atoms with Crippen LogP contribution in [0.5, 0.6) is 0 Å². The third kappa shape index (κ3) is 2.67. The van der Waals surface area contributed by atoms with E-state index in [-0.39, 0.29) is 6.04 Å². The minimum absolute atomic E-state index is 0.0211. The van der Waals surface area contributed by atoms with Gasteiger partial charge in [-0.1, -0.05) is 13.3 Å². The average molecular weight is 205 g/mol. The normalized spacial score (nSPS) is 18.0. The van der Waals surface area contributed by atoms with E-state index >= 15 is 0 Å². The van der Waals surface area contributed by atoms with E-state index in [1.165, 1.54) is 0 Å². The highest BCUT2D eigenvalue weighted by Crippen LogP contribution is 2.33. The number of hydrogen-bond acceptors (Lipinski definition) is 0. The standard InChI is InChI=1S/C6H12ClF3Si/c1-3-4-11(2,10)6(8,9)5-7/h3-5H2,1-2H3. The third-order valence-corrected chi connectivity index (χ3v) is 5.35. The fourth-order valence-corrected chi connectivity index (χ4v) is 3.21. The zero-order valence-corrected chi connectivity index (χ0v) is 8.39. The molecule has 68 valence electrons. The zero-order chi connectivity index (χ0) is 9.12. The first-order chi connectivity index (χ1) is 4.87. The van der Waals surface area contributed by atoms with Gasteiger partial charge in [-0.05, 0) is 12.6 Å². The summed E-state index contributed by atoms with van der Waals surface area (Å²) in [5.41, 5.74) is -3.27. The van der Waals surface area contributed by atoms with E-state index in [9.17, 15) is 12.9 Å². The molecule has 5 heteroatoms. The summed E-state index contributed by atoms with van der Waals surface area (Å²) >= 11 is 4.96. The Morgan fingerprint density at radius 1 is 1.45 bits per heavy atom.